The van der Waals surface area contributed by atoms with Crippen LogP contribution in [0, 0.1) is 0 Å². The van der Waals surface area contributed by atoms with Gasteiger partial charge in [0.1, 0.15) is 5.69 Å². The third kappa shape index (κ3) is 3.58. The van der Waals surface area contributed by atoms with Gasteiger partial charge >= 0.3 is 0 Å². The lowest BCUT2D eigenvalue weighted by atomic mass is 10.1. The van der Waals surface area contributed by atoms with Gasteiger partial charge in [-0.1, -0.05) is 12.1 Å². The Balaban J connectivity index is 1.63. The number of carbonyl (C=O) groups is 1. The second kappa shape index (κ2) is 6.91. The Hall–Kier alpha value is -2.22. The Morgan fingerprint density at radius 2 is 2.39 bits per heavy atom. The minimum absolute atomic E-state index is 0.157. The highest BCUT2D eigenvalue weighted by atomic mass is 16.5. The first kappa shape index (κ1) is 15.7. The van der Waals surface area contributed by atoms with Gasteiger partial charge in [-0.3, -0.25) is 14.4 Å². The molecule has 1 N–H and O–H groups in total. The highest BCUT2D eigenvalue weighted by Crippen LogP contribution is 2.22. The molecule has 0 saturated carbocycles. The highest BCUT2D eigenvalue weighted by molar-refractivity contribution is 5.91. The lowest BCUT2D eigenvalue weighted by Gasteiger charge is -2.31. The van der Waals surface area contributed by atoms with Gasteiger partial charge in [0, 0.05) is 26.2 Å². The van der Waals surface area contributed by atoms with Crippen LogP contribution in [0.25, 0.3) is 0 Å². The number of aromatic nitrogens is 4. The van der Waals surface area contributed by atoms with Crippen LogP contribution in [-0.2, 0) is 13.0 Å². The molecule has 124 valence electrons. The van der Waals surface area contributed by atoms with Crippen LogP contribution in [0.15, 0.2) is 16.8 Å². The lowest BCUT2D eigenvalue weighted by Crippen LogP contribution is -2.36. The predicted molar refractivity (Wildman–Crippen MR) is 82.8 cm³/mol. The van der Waals surface area contributed by atoms with E-state index < -0.39 is 0 Å². The quantitative estimate of drug-likeness (QED) is 0.885. The number of nitrogens with one attached hydrogen (secondary N) is 1. The van der Waals surface area contributed by atoms with Crippen molar-refractivity contribution >= 4 is 5.91 Å². The molecule has 0 aliphatic carbocycles. The summed E-state index contributed by atoms with van der Waals surface area (Å²) in [6.07, 6.45) is 4.77. The van der Waals surface area contributed by atoms with Crippen LogP contribution in [-0.4, -0.2) is 50.9 Å². The Kier molecular flexibility index (Phi) is 4.71. The fraction of sp³-hybridized carbons (Fsp3) is 0.600. The van der Waals surface area contributed by atoms with Crippen LogP contribution < -0.4 is 5.32 Å². The largest absolute Gasteiger partial charge is 0.354 e. The van der Waals surface area contributed by atoms with E-state index in [2.05, 4.69) is 25.5 Å². The molecule has 1 aliphatic rings. The Bertz CT molecular complexity index is 664. The number of piperidine rings is 1. The monoisotopic (exact) mass is 318 g/mol. The van der Waals surface area contributed by atoms with Gasteiger partial charge in [0.2, 0.25) is 5.89 Å². The van der Waals surface area contributed by atoms with Crippen LogP contribution in [0.1, 0.15) is 48.0 Å². The smallest absolute Gasteiger partial charge is 0.271 e. The lowest BCUT2D eigenvalue weighted by molar-refractivity contribution is 0.0955. The van der Waals surface area contributed by atoms with Gasteiger partial charge in [-0.2, -0.15) is 10.1 Å². The molecule has 1 fully saturated rings. The summed E-state index contributed by atoms with van der Waals surface area (Å²) in [5.74, 6) is 1.25. The topological polar surface area (TPSA) is 89.1 Å². The first-order valence-electron chi connectivity index (χ1n) is 8.00. The summed E-state index contributed by atoms with van der Waals surface area (Å²) in [4.78, 5) is 18.3. The minimum atomic E-state index is -0.157. The first-order valence-corrected chi connectivity index (χ1v) is 8.00. The molecule has 3 rings (SSSR count). The molecule has 1 atom stereocenters. The summed E-state index contributed by atoms with van der Waals surface area (Å²) in [6.45, 7) is 4.56. The number of aryl methyl sites for hydroxylation is 1. The average molecular weight is 318 g/mol. The van der Waals surface area contributed by atoms with Gasteiger partial charge in [-0.25, -0.2) is 0 Å². The molecule has 0 spiro atoms. The first-order chi connectivity index (χ1) is 11.2. The molecule has 1 saturated heterocycles. The van der Waals surface area contributed by atoms with Gasteiger partial charge < -0.3 is 9.84 Å². The molecular formula is C15H22N6O2. The zero-order valence-electron chi connectivity index (χ0n) is 13.5. The zero-order chi connectivity index (χ0) is 16.2. The maximum atomic E-state index is 11.6. The van der Waals surface area contributed by atoms with Crippen molar-refractivity contribution in [1.29, 1.82) is 0 Å². The molecule has 1 unspecified atom stereocenters. The number of carbonyl (C=O) groups excluding carboxylic acids is 1. The number of hydrogen-bond acceptors (Lipinski definition) is 6. The summed E-state index contributed by atoms with van der Waals surface area (Å²) in [7, 11) is 1.61. The number of amides is 1. The van der Waals surface area contributed by atoms with Crippen molar-refractivity contribution in [3.63, 3.8) is 0 Å². The Morgan fingerprint density at radius 3 is 3.13 bits per heavy atom. The number of rotatable bonds is 5. The number of likely N-dealkylation sites (tertiary alicyclic amines) is 1. The standard InChI is InChI=1S/C15H22N6O2/c1-3-14-17-13(19-23-14)10-20-7-4-5-11(9-20)21-8-6-12(18-21)15(22)16-2/h6,8,11H,3-5,7,9-10H2,1-2H3,(H,16,22). The van der Waals surface area contributed by atoms with Crippen molar-refractivity contribution in [2.45, 2.75) is 38.8 Å². The van der Waals surface area contributed by atoms with Crippen molar-refractivity contribution < 1.29 is 9.32 Å². The molecule has 2 aromatic heterocycles. The third-order valence-electron chi connectivity index (χ3n) is 4.10. The van der Waals surface area contributed by atoms with E-state index in [1.54, 1.807) is 13.1 Å². The molecule has 0 aromatic carbocycles. The van der Waals surface area contributed by atoms with Crippen molar-refractivity contribution in [3.05, 3.63) is 29.7 Å². The predicted octanol–water partition coefficient (Wildman–Crippen LogP) is 1.03. The van der Waals surface area contributed by atoms with Gasteiger partial charge in [0.15, 0.2) is 5.82 Å². The normalized spacial score (nSPS) is 19.0. The molecule has 23 heavy (non-hydrogen) atoms. The second-order valence-electron chi connectivity index (χ2n) is 5.75. The maximum Gasteiger partial charge on any atom is 0.271 e. The number of nitrogens with zero attached hydrogens (tertiary/aromatic N) is 5. The van der Waals surface area contributed by atoms with Crippen LogP contribution in [0.5, 0.6) is 0 Å². The molecule has 3 heterocycles. The van der Waals surface area contributed by atoms with E-state index in [-0.39, 0.29) is 11.9 Å². The van der Waals surface area contributed by atoms with Crippen molar-refractivity contribution in [2.24, 2.45) is 0 Å². The average Bonchev–Trinajstić information content (AvgIpc) is 3.23. The van der Waals surface area contributed by atoms with E-state index in [4.69, 9.17) is 4.52 Å². The van der Waals surface area contributed by atoms with E-state index >= 15 is 0 Å². The number of hydrogen-bond donors (Lipinski definition) is 1. The van der Waals surface area contributed by atoms with E-state index in [1.165, 1.54) is 0 Å². The maximum absolute atomic E-state index is 11.6. The Morgan fingerprint density at radius 1 is 1.52 bits per heavy atom. The second-order valence-corrected chi connectivity index (χ2v) is 5.75. The molecule has 1 amide bonds. The molecule has 8 heteroatoms. The fourth-order valence-corrected chi connectivity index (χ4v) is 2.88. The third-order valence-corrected chi connectivity index (χ3v) is 4.10. The van der Waals surface area contributed by atoms with Gasteiger partial charge in [-0.05, 0) is 25.5 Å². The molecule has 8 nitrogen and oxygen atoms in total. The van der Waals surface area contributed by atoms with Crippen molar-refractivity contribution in [2.75, 3.05) is 20.1 Å². The fourth-order valence-electron chi connectivity index (χ4n) is 2.88. The van der Waals surface area contributed by atoms with Crippen LogP contribution in [0.4, 0.5) is 0 Å². The van der Waals surface area contributed by atoms with Crippen LogP contribution >= 0.6 is 0 Å². The van der Waals surface area contributed by atoms with E-state index in [1.807, 2.05) is 17.8 Å². The zero-order valence-corrected chi connectivity index (χ0v) is 13.5. The Labute approximate surface area is 134 Å². The van der Waals surface area contributed by atoms with E-state index in [0.29, 0.717) is 18.1 Å². The minimum Gasteiger partial charge on any atom is -0.354 e. The van der Waals surface area contributed by atoms with Gasteiger partial charge in [0.05, 0.1) is 12.6 Å². The summed E-state index contributed by atoms with van der Waals surface area (Å²) >= 11 is 0. The van der Waals surface area contributed by atoms with Gasteiger partial charge in [0.25, 0.3) is 5.91 Å². The van der Waals surface area contributed by atoms with E-state index in [9.17, 15) is 4.79 Å². The highest BCUT2D eigenvalue weighted by Gasteiger charge is 2.23. The van der Waals surface area contributed by atoms with Crippen molar-refractivity contribution in [1.82, 2.24) is 30.1 Å². The van der Waals surface area contributed by atoms with Crippen LogP contribution in [0.2, 0.25) is 0 Å². The summed E-state index contributed by atoms with van der Waals surface area (Å²) in [6, 6.07) is 2.02. The van der Waals surface area contributed by atoms with E-state index in [0.717, 1.165) is 38.2 Å². The molecule has 2 aromatic rings. The molecule has 0 radical (unpaired) electrons. The van der Waals surface area contributed by atoms with Crippen molar-refractivity contribution in [3.8, 4) is 0 Å². The summed E-state index contributed by atoms with van der Waals surface area (Å²) in [5, 5.41) is 11.0. The summed E-state index contributed by atoms with van der Waals surface area (Å²) < 4.78 is 7.05. The van der Waals surface area contributed by atoms with Gasteiger partial charge in [-0.15, -0.1) is 0 Å². The molecule has 1 aliphatic heterocycles. The SMILES string of the molecule is CCc1nc(CN2CCCC(n3ccc(C(=O)NC)n3)C2)no1. The molecular weight excluding hydrogens is 296 g/mol. The summed E-state index contributed by atoms with van der Waals surface area (Å²) in [5.41, 5.74) is 0.454. The molecule has 0 bridgehead atoms. The van der Waals surface area contributed by atoms with Crippen LogP contribution in [0.3, 0.4) is 0 Å².